The number of nitrogens with one attached hydrogen (secondary N) is 1. The van der Waals surface area contributed by atoms with Crippen LogP contribution in [0.25, 0.3) is 0 Å². The molecule has 2 rings (SSSR count). The maximum absolute atomic E-state index is 5.70. The van der Waals surface area contributed by atoms with Crippen molar-refractivity contribution in [2.75, 3.05) is 5.32 Å². The van der Waals surface area contributed by atoms with Gasteiger partial charge in [-0.2, -0.15) is 5.10 Å². The maximum atomic E-state index is 5.70. The number of anilines is 1. The van der Waals surface area contributed by atoms with Crippen molar-refractivity contribution >= 4 is 23.0 Å². The Hall–Kier alpha value is -1.82. The third-order valence-corrected chi connectivity index (χ3v) is 2.71. The molecule has 5 nitrogen and oxygen atoms in total. The first-order chi connectivity index (χ1) is 8.09. The molecule has 0 unspecified atom stereocenters. The van der Waals surface area contributed by atoms with E-state index in [-0.39, 0.29) is 0 Å². The summed E-state index contributed by atoms with van der Waals surface area (Å²) in [5, 5.41) is 7.55. The summed E-state index contributed by atoms with van der Waals surface area (Å²) in [6.45, 7) is 2.53. The molecule has 0 aliphatic heterocycles. The molecule has 90 valence electrons. The Bertz CT molecular complexity index is 530. The summed E-state index contributed by atoms with van der Waals surface area (Å²) in [4.78, 5) is 0.352. The predicted molar refractivity (Wildman–Crippen MR) is 69.9 cm³/mol. The zero-order chi connectivity index (χ0) is 12.4. The van der Waals surface area contributed by atoms with Crippen molar-refractivity contribution in [3.8, 4) is 0 Å². The van der Waals surface area contributed by atoms with E-state index >= 15 is 0 Å². The van der Waals surface area contributed by atoms with Crippen LogP contribution in [0.15, 0.2) is 23.0 Å². The minimum absolute atomic E-state index is 0.352. The van der Waals surface area contributed by atoms with Crippen molar-refractivity contribution < 1.29 is 4.42 Å². The van der Waals surface area contributed by atoms with Gasteiger partial charge in [-0.3, -0.25) is 4.68 Å². The van der Waals surface area contributed by atoms with E-state index < -0.39 is 0 Å². The van der Waals surface area contributed by atoms with E-state index in [4.69, 9.17) is 22.4 Å². The van der Waals surface area contributed by atoms with Crippen molar-refractivity contribution in [1.82, 2.24) is 9.78 Å². The molecule has 3 N–H and O–H groups in total. The smallest absolute Gasteiger partial charge is 0.134 e. The van der Waals surface area contributed by atoms with Crippen molar-refractivity contribution in [3.63, 3.8) is 0 Å². The van der Waals surface area contributed by atoms with Crippen LogP contribution >= 0.6 is 12.2 Å². The van der Waals surface area contributed by atoms with Crippen LogP contribution in [-0.4, -0.2) is 14.8 Å². The average molecular weight is 250 g/mol. The summed E-state index contributed by atoms with van der Waals surface area (Å²) in [5.74, 6) is 0.830. The molecule has 2 heterocycles. The monoisotopic (exact) mass is 250 g/mol. The van der Waals surface area contributed by atoms with E-state index in [1.165, 1.54) is 0 Å². The van der Waals surface area contributed by atoms with Crippen molar-refractivity contribution in [2.45, 2.75) is 13.5 Å². The van der Waals surface area contributed by atoms with Gasteiger partial charge in [0, 0.05) is 19.2 Å². The lowest BCUT2D eigenvalue weighted by atomic mass is 10.2. The molecule has 0 aliphatic rings. The van der Waals surface area contributed by atoms with Crippen LogP contribution in [0, 0.1) is 6.92 Å². The van der Waals surface area contributed by atoms with Crippen LogP contribution < -0.4 is 11.1 Å². The third kappa shape index (κ3) is 2.31. The summed E-state index contributed by atoms with van der Waals surface area (Å²) in [6.07, 6.45) is 3.33. The summed E-state index contributed by atoms with van der Waals surface area (Å²) < 4.78 is 6.74. The van der Waals surface area contributed by atoms with E-state index in [1.54, 1.807) is 17.2 Å². The quantitative estimate of drug-likeness (QED) is 0.806. The van der Waals surface area contributed by atoms with E-state index in [1.807, 2.05) is 20.0 Å². The van der Waals surface area contributed by atoms with E-state index in [9.17, 15) is 0 Å². The fraction of sp³-hybridized carbons (Fsp3) is 0.273. The Kier molecular flexibility index (Phi) is 3.14. The number of furan rings is 1. The van der Waals surface area contributed by atoms with Crippen LogP contribution in [0.3, 0.4) is 0 Å². The van der Waals surface area contributed by atoms with E-state index in [0.717, 1.165) is 22.6 Å². The predicted octanol–water partition coefficient (Wildman–Crippen LogP) is 1.57. The van der Waals surface area contributed by atoms with E-state index in [2.05, 4.69) is 10.4 Å². The van der Waals surface area contributed by atoms with Crippen molar-refractivity contribution in [1.29, 1.82) is 0 Å². The number of nitrogens with zero attached hydrogens (tertiary/aromatic N) is 2. The first-order valence-electron chi connectivity index (χ1n) is 5.18. The highest BCUT2D eigenvalue weighted by Gasteiger charge is 2.15. The van der Waals surface area contributed by atoms with Gasteiger partial charge in [0.25, 0.3) is 0 Å². The second kappa shape index (κ2) is 4.58. The van der Waals surface area contributed by atoms with Crippen LogP contribution in [0.2, 0.25) is 0 Å². The first kappa shape index (κ1) is 11.7. The van der Waals surface area contributed by atoms with Crippen molar-refractivity contribution in [2.24, 2.45) is 12.8 Å². The summed E-state index contributed by atoms with van der Waals surface area (Å²) >= 11 is 5.03. The zero-order valence-corrected chi connectivity index (χ0v) is 10.5. The lowest BCUT2D eigenvalue weighted by molar-refractivity contribution is 0.564. The lowest BCUT2D eigenvalue weighted by Gasteiger charge is -2.07. The van der Waals surface area contributed by atoms with Crippen molar-refractivity contribution in [3.05, 3.63) is 35.4 Å². The molecule has 17 heavy (non-hydrogen) atoms. The molecule has 0 amide bonds. The number of nitrogens with two attached hydrogens (primary N) is 1. The number of rotatable bonds is 4. The highest BCUT2D eigenvalue weighted by Crippen LogP contribution is 2.19. The van der Waals surface area contributed by atoms with Gasteiger partial charge in [-0.1, -0.05) is 12.2 Å². The zero-order valence-electron chi connectivity index (χ0n) is 9.73. The second-order valence-corrected chi connectivity index (χ2v) is 4.22. The second-order valence-electron chi connectivity index (χ2n) is 3.78. The molecule has 0 aromatic carbocycles. The van der Waals surface area contributed by atoms with Crippen LogP contribution in [-0.2, 0) is 13.6 Å². The SMILES string of the molecule is Cc1nn(C)c(NCc2ccoc2)c1C(N)=S. The molecule has 2 aromatic rings. The molecule has 0 fully saturated rings. The van der Waals surface area contributed by atoms with Gasteiger partial charge in [-0.25, -0.2) is 0 Å². The van der Waals surface area contributed by atoms with Crippen LogP contribution in [0.1, 0.15) is 16.8 Å². The molecule has 0 spiro atoms. The first-order valence-corrected chi connectivity index (χ1v) is 5.58. The largest absolute Gasteiger partial charge is 0.472 e. The number of thiocarbonyl (C=S) groups is 1. The van der Waals surface area contributed by atoms with Gasteiger partial charge in [-0.15, -0.1) is 0 Å². The molecule has 0 radical (unpaired) electrons. The molecule has 0 aliphatic carbocycles. The van der Waals surface area contributed by atoms with Gasteiger partial charge >= 0.3 is 0 Å². The molecule has 0 atom stereocenters. The van der Waals surface area contributed by atoms with E-state index in [0.29, 0.717) is 11.5 Å². The normalized spacial score (nSPS) is 10.5. The number of aryl methyl sites for hydroxylation is 2. The van der Waals surface area contributed by atoms with Gasteiger partial charge < -0.3 is 15.5 Å². The number of hydrogen-bond acceptors (Lipinski definition) is 4. The lowest BCUT2D eigenvalue weighted by Crippen LogP contribution is -2.14. The van der Waals surface area contributed by atoms with Crippen LogP contribution in [0.4, 0.5) is 5.82 Å². The van der Waals surface area contributed by atoms with Gasteiger partial charge in [0.15, 0.2) is 0 Å². The van der Waals surface area contributed by atoms with Gasteiger partial charge in [0.2, 0.25) is 0 Å². The maximum Gasteiger partial charge on any atom is 0.134 e. The Morgan fingerprint density at radius 1 is 1.65 bits per heavy atom. The summed E-state index contributed by atoms with van der Waals surface area (Å²) in [6, 6.07) is 1.90. The minimum Gasteiger partial charge on any atom is -0.472 e. The Balaban J connectivity index is 2.23. The molecular formula is C11H14N4OS. The molecule has 6 heteroatoms. The summed E-state index contributed by atoms with van der Waals surface area (Å²) in [7, 11) is 1.85. The van der Waals surface area contributed by atoms with Gasteiger partial charge in [-0.05, 0) is 13.0 Å². The summed E-state index contributed by atoms with van der Waals surface area (Å²) in [5.41, 5.74) is 8.38. The topological polar surface area (TPSA) is 69.0 Å². The standard InChI is InChI=1S/C11H14N4OS/c1-7-9(10(12)17)11(15(2)14-7)13-5-8-3-4-16-6-8/h3-4,6,13H,5H2,1-2H3,(H2,12,17). The fourth-order valence-corrected chi connectivity index (χ4v) is 1.98. The highest BCUT2D eigenvalue weighted by molar-refractivity contribution is 7.80. The molecular weight excluding hydrogens is 236 g/mol. The average Bonchev–Trinajstić information content (AvgIpc) is 2.83. The van der Waals surface area contributed by atoms with Crippen LogP contribution in [0.5, 0.6) is 0 Å². The Morgan fingerprint density at radius 2 is 2.41 bits per heavy atom. The molecule has 0 saturated carbocycles. The number of hydrogen-bond donors (Lipinski definition) is 2. The third-order valence-electron chi connectivity index (χ3n) is 2.51. The fourth-order valence-electron chi connectivity index (χ4n) is 1.73. The molecule has 2 aromatic heterocycles. The number of aromatic nitrogens is 2. The van der Waals surface area contributed by atoms with Gasteiger partial charge in [0.1, 0.15) is 10.8 Å². The molecule has 0 bridgehead atoms. The van der Waals surface area contributed by atoms with Gasteiger partial charge in [0.05, 0.1) is 23.8 Å². The highest BCUT2D eigenvalue weighted by atomic mass is 32.1. The Labute approximate surface area is 105 Å². The molecule has 0 saturated heterocycles. The Morgan fingerprint density at radius 3 is 3.00 bits per heavy atom. The minimum atomic E-state index is 0.352.